The Morgan fingerprint density at radius 1 is 1.28 bits per heavy atom. The van der Waals surface area contributed by atoms with Gasteiger partial charge < -0.3 is 15.9 Å². The predicted molar refractivity (Wildman–Crippen MR) is 69.7 cm³/mol. The van der Waals surface area contributed by atoms with Crippen molar-refractivity contribution in [1.29, 1.82) is 0 Å². The van der Waals surface area contributed by atoms with Crippen LogP contribution in [0.15, 0.2) is 24.3 Å². The number of nitrogens with two attached hydrogens (primary N) is 1. The van der Waals surface area contributed by atoms with E-state index in [1.54, 1.807) is 0 Å². The lowest BCUT2D eigenvalue weighted by Crippen LogP contribution is -2.22. The summed E-state index contributed by atoms with van der Waals surface area (Å²) >= 11 is 0. The van der Waals surface area contributed by atoms with Crippen LogP contribution in [0.2, 0.25) is 0 Å². The van der Waals surface area contributed by atoms with Crippen molar-refractivity contribution in [2.45, 2.75) is 18.8 Å². The van der Waals surface area contributed by atoms with Gasteiger partial charge >= 0.3 is 0 Å². The minimum absolute atomic E-state index is 0.356. The van der Waals surface area contributed by atoms with Gasteiger partial charge in [-0.25, -0.2) is 0 Å². The predicted octanol–water partition coefficient (Wildman–Crippen LogP) is -0.466. The van der Waals surface area contributed by atoms with Crippen LogP contribution in [0, 0.1) is 11.8 Å². The van der Waals surface area contributed by atoms with Crippen molar-refractivity contribution in [3.05, 3.63) is 35.4 Å². The second kappa shape index (κ2) is 5.98. The molecule has 0 radical (unpaired) electrons. The largest absolute Gasteiger partial charge is 0.389 e. The third kappa shape index (κ3) is 3.31. The number of likely N-dealkylation sites (tertiary alicyclic amines) is 1. The molecule has 1 saturated heterocycles. The van der Waals surface area contributed by atoms with Crippen LogP contribution in [0.5, 0.6) is 0 Å². The molecule has 2 unspecified atom stereocenters. The Labute approximate surface area is 107 Å². The molecule has 0 amide bonds. The molecule has 0 aromatic heterocycles. The number of aliphatic hydroxyl groups is 2. The zero-order valence-corrected chi connectivity index (χ0v) is 10.2. The molecule has 4 heteroatoms. The van der Waals surface area contributed by atoms with Gasteiger partial charge in [0.2, 0.25) is 0 Å². The summed E-state index contributed by atoms with van der Waals surface area (Å²) in [5.41, 5.74) is 7.41. The Bertz CT molecular complexity index is 454. The quantitative estimate of drug-likeness (QED) is 0.617. The fraction of sp³-hybridized carbons (Fsp3) is 0.429. The summed E-state index contributed by atoms with van der Waals surface area (Å²) < 4.78 is 0. The van der Waals surface area contributed by atoms with Gasteiger partial charge in [0, 0.05) is 25.2 Å². The summed E-state index contributed by atoms with van der Waals surface area (Å²) in [5.74, 6) is 5.82. The van der Waals surface area contributed by atoms with Crippen molar-refractivity contribution < 1.29 is 10.2 Å². The normalized spacial score (nSPS) is 23.7. The molecule has 1 fully saturated rings. The number of aliphatic hydroxyl groups excluding tert-OH is 2. The summed E-state index contributed by atoms with van der Waals surface area (Å²) in [6.07, 6.45) is -1.27. The molecule has 18 heavy (non-hydrogen) atoms. The molecule has 4 N–H and O–H groups in total. The van der Waals surface area contributed by atoms with E-state index in [0.717, 1.165) is 11.1 Å². The molecule has 1 aliphatic rings. The fourth-order valence-electron chi connectivity index (χ4n) is 2.13. The fourth-order valence-corrected chi connectivity index (χ4v) is 2.13. The van der Waals surface area contributed by atoms with E-state index >= 15 is 0 Å². The van der Waals surface area contributed by atoms with Crippen LogP contribution in [-0.2, 0) is 6.54 Å². The highest BCUT2D eigenvalue weighted by molar-refractivity contribution is 5.37. The number of benzene rings is 1. The lowest BCUT2D eigenvalue weighted by Gasteiger charge is -2.14. The zero-order valence-electron chi connectivity index (χ0n) is 10.2. The molecule has 0 spiro atoms. The third-order valence-electron chi connectivity index (χ3n) is 3.00. The van der Waals surface area contributed by atoms with Gasteiger partial charge in [0.1, 0.15) is 0 Å². The molecule has 1 aromatic carbocycles. The Balaban J connectivity index is 2.01. The van der Waals surface area contributed by atoms with Crippen molar-refractivity contribution >= 4 is 0 Å². The van der Waals surface area contributed by atoms with E-state index in [1.165, 1.54) is 0 Å². The number of nitrogens with zero attached hydrogens (tertiary/aromatic N) is 1. The van der Waals surface area contributed by atoms with Crippen LogP contribution >= 0.6 is 0 Å². The van der Waals surface area contributed by atoms with E-state index in [2.05, 4.69) is 11.8 Å². The summed E-state index contributed by atoms with van der Waals surface area (Å²) in [5, 5.41) is 19.0. The lowest BCUT2D eigenvalue weighted by molar-refractivity contribution is 0.0572. The average molecular weight is 246 g/mol. The summed E-state index contributed by atoms with van der Waals surface area (Å²) in [4.78, 5) is 2.03. The second-order valence-corrected chi connectivity index (χ2v) is 4.54. The minimum Gasteiger partial charge on any atom is -0.389 e. The van der Waals surface area contributed by atoms with Crippen molar-refractivity contribution in [2.75, 3.05) is 19.6 Å². The van der Waals surface area contributed by atoms with Crippen LogP contribution in [0.1, 0.15) is 11.1 Å². The first-order valence-electron chi connectivity index (χ1n) is 6.05. The Morgan fingerprint density at radius 3 is 2.67 bits per heavy atom. The average Bonchev–Trinajstić information content (AvgIpc) is 2.66. The van der Waals surface area contributed by atoms with Crippen LogP contribution in [0.3, 0.4) is 0 Å². The molecular formula is C14H18N2O2. The molecule has 0 bridgehead atoms. The minimum atomic E-state index is -0.634. The maximum Gasteiger partial charge on any atom is 0.0938 e. The van der Waals surface area contributed by atoms with E-state index < -0.39 is 12.2 Å². The van der Waals surface area contributed by atoms with Crippen molar-refractivity contribution in [3.63, 3.8) is 0 Å². The molecule has 2 atom stereocenters. The highest BCUT2D eigenvalue weighted by Crippen LogP contribution is 2.14. The van der Waals surface area contributed by atoms with Gasteiger partial charge in [0.25, 0.3) is 0 Å². The van der Waals surface area contributed by atoms with Gasteiger partial charge in [-0.1, -0.05) is 24.0 Å². The number of hydrogen-bond donors (Lipinski definition) is 3. The van der Waals surface area contributed by atoms with Crippen molar-refractivity contribution in [1.82, 2.24) is 4.90 Å². The second-order valence-electron chi connectivity index (χ2n) is 4.54. The Hall–Kier alpha value is -1.38. The third-order valence-corrected chi connectivity index (χ3v) is 3.00. The van der Waals surface area contributed by atoms with Gasteiger partial charge in [-0.3, -0.25) is 4.90 Å². The first-order chi connectivity index (χ1) is 8.69. The number of rotatable bonds is 2. The highest BCUT2D eigenvalue weighted by atomic mass is 16.3. The van der Waals surface area contributed by atoms with Crippen LogP contribution in [-0.4, -0.2) is 47.0 Å². The molecule has 2 rings (SSSR count). The first-order valence-corrected chi connectivity index (χ1v) is 6.05. The molecule has 1 aromatic rings. The molecule has 1 heterocycles. The van der Waals surface area contributed by atoms with Crippen LogP contribution in [0.4, 0.5) is 0 Å². The van der Waals surface area contributed by atoms with Gasteiger partial charge in [0.15, 0.2) is 0 Å². The van der Waals surface area contributed by atoms with Crippen molar-refractivity contribution in [2.24, 2.45) is 5.73 Å². The van der Waals surface area contributed by atoms with Crippen molar-refractivity contribution in [3.8, 4) is 11.8 Å². The maximum atomic E-state index is 9.49. The molecule has 1 aliphatic heterocycles. The molecule has 0 aliphatic carbocycles. The SMILES string of the molecule is NCC#Cc1cccc(CN2CC(O)C(O)C2)c1. The van der Waals surface area contributed by atoms with E-state index in [0.29, 0.717) is 26.2 Å². The van der Waals surface area contributed by atoms with Gasteiger partial charge in [-0.15, -0.1) is 0 Å². The Kier molecular flexibility index (Phi) is 4.34. The van der Waals surface area contributed by atoms with E-state index in [9.17, 15) is 10.2 Å². The summed E-state index contributed by atoms with van der Waals surface area (Å²) in [7, 11) is 0. The smallest absolute Gasteiger partial charge is 0.0938 e. The van der Waals surface area contributed by atoms with Gasteiger partial charge in [-0.2, -0.15) is 0 Å². The monoisotopic (exact) mass is 246 g/mol. The van der Waals surface area contributed by atoms with Crippen LogP contribution < -0.4 is 5.73 Å². The highest BCUT2D eigenvalue weighted by Gasteiger charge is 2.29. The summed E-state index contributed by atoms with van der Waals surface area (Å²) in [6, 6.07) is 7.93. The molecule has 0 saturated carbocycles. The summed E-state index contributed by atoms with van der Waals surface area (Å²) in [6.45, 7) is 2.10. The lowest BCUT2D eigenvalue weighted by atomic mass is 10.1. The Morgan fingerprint density at radius 2 is 2.00 bits per heavy atom. The standard InChI is InChI=1S/C14H18N2O2/c15-6-2-5-11-3-1-4-12(7-11)8-16-9-13(17)14(18)10-16/h1,3-4,7,13-14,17-18H,6,8-10,15H2. The van der Waals surface area contributed by atoms with E-state index in [1.807, 2.05) is 29.2 Å². The van der Waals surface area contributed by atoms with Gasteiger partial charge in [0.05, 0.1) is 18.8 Å². The number of hydrogen-bond acceptors (Lipinski definition) is 4. The number of β-amino-alcohol motifs (C(OH)–C–C–N with tert-alkyl or cyclic N) is 2. The molecule has 4 nitrogen and oxygen atoms in total. The maximum absolute atomic E-state index is 9.49. The molecular weight excluding hydrogens is 228 g/mol. The van der Waals surface area contributed by atoms with Crippen LogP contribution in [0.25, 0.3) is 0 Å². The van der Waals surface area contributed by atoms with Gasteiger partial charge in [-0.05, 0) is 17.7 Å². The first kappa shape index (κ1) is 13.1. The topological polar surface area (TPSA) is 69.7 Å². The molecule has 96 valence electrons. The van der Waals surface area contributed by atoms with E-state index in [4.69, 9.17) is 5.73 Å². The zero-order chi connectivity index (χ0) is 13.0. The van der Waals surface area contributed by atoms with E-state index in [-0.39, 0.29) is 0 Å².